The topological polar surface area (TPSA) is 89.6 Å². The molecule has 0 aliphatic carbocycles. The van der Waals surface area contributed by atoms with Crippen molar-refractivity contribution in [1.29, 1.82) is 0 Å². The maximum Gasteiger partial charge on any atom is 0.315 e. The summed E-state index contributed by atoms with van der Waals surface area (Å²) in [5.41, 5.74) is 2.03. The van der Waals surface area contributed by atoms with Gasteiger partial charge in [-0.3, -0.25) is 4.79 Å². The first kappa shape index (κ1) is 21.6. The van der Waals surface area contributed by atoms with E-state index in [0.29, 0.717) is 13.1 Å². The first-order valence-electron chi connectivity index (χ1n) is 10.3. The molecule has 0 bridgehead atoms. The molecule has 2 heterocycles. The van der Waals surface area contributed by atoms with Crippen LogP contribution in [0.15, 0.2) is 48.7 Å². The number of hydrogen-bond donors (Lipinski definition) is 3. The number of rotatable bonds is 8. The number of nitrogens with zero attached hydrogens (tertiary/aromatic N) is 3. The van der Waals surface area contributed by atoms with E-state index in [-0.39, 0.29) is 24.9 Å². The lowest BCUT2D eigenvalue weighted by atomic mass is 10.2. The van der Waals surface area contributed by atoms with Gasteiger partial charge in [0.15, 0.2) is 0 Å². The van der Waals surface area contributed by atoms with Gasteiger partial charge in [-0.2, -0.15) is 0 Å². The minimum atomic E-state index is -0.293. The molecule has 1 aliphatic heterocycles. The summed E-state index contributed by atoms with van der Waals surface area (Å²) in [6.07, 6.45) is 2.02. The number of benzene rings is 1. The highest BCUT2D eigenvalue weighted by Crippen LogP contribution is 2.18. The average molecular weight is 411 g/mol. The molecule has 8 heteroatoms. The Bertz CT molecular complexity index is 821. The van der Waals surface area contributed by atoms with Crippen molar-refractivity contribution in [2.75, 3.05) is 44.7 Å². The van der Waals surface area contributed by atoms with E-state index >= 15 is 0 Å². The monoisotopic (exact) mass is 410 g/mol. The molecular weight excluding hydrogens is 380 g/mol. The Kier molecular flexibility index (Phi) is 8.02. The zero-order valence-corrected chi connectivity index (χ0v) is 17.4. The Labute approximate surface area is 177 Å². The van der Waals surface area contributed by atoms with Crippen molar-refractivity contribution in [3.05, 3.63) is 59.8 Å². The molecule has 3 N–H and O–H groups in total. The van der Waals surface area contributed by atoms with Crippen LogP contribution in [0, 0.1) is 0 Å². The van der Waals surface area contributed by atoms with Gasteiger partial charge < -0.3 is 25.8 Å². The lowest BCUT2D eigenvalue weighted by Crippen LogP contribution is -2.45. The van der Waals surface area contributed by atoms with Crippen molar-refractivity contribution in [1.82, 2.24) is 25.8 Å². The van der Waals surface area contributed by atoms with Crippen LogP contribution in [0.2, 0.25) is 0 Å². The van der Waals surface area contributed by atoms with Gasteiger partial charge in [0.05, 0.1) is 0 Å². The van der Waals surface area contributed by atoms with Crippen molar-refractivity contribution in [2.45, 2.75) is 19.5 Å². The summed E-state index contributed by atoms with van der Waals surface area (Å²) < 4.78 is 0. The Balaban J connectivity index is 1.37. The van der Waals surface area contributed by atoms with E-state index < -0.39 is 0 Å². The number of pyridine rings is 1. The molecule has 3 rings (SSSR count). The molecule has 0 spiro atoms. The summed E-state index contributed by atoms with van der Waals surface area (Å²) in [4.78, 5) is 33.1. The van der Waals surface area contributed by atoms with Gasteiger partial charge in [-0.25, -0.2) is 9.78 Å². The van der Waals surface area contributed by atoms with Gasteiger partial charge in [-0.05, 0) is 18.7 Å². The van der Waals surface area contributed by atoms with Crippen LogP contribution >= 0.6 is 0 Å². The Hall–Kier alpha value is -3.13. The zero-order valence-electron chi connectivity index (χ0n) is 17.4. The summed E-state index contributed by atoms with van der Waals surface area (Å²) in [6, 6.07) is 13.3. The van der Waals surface area contributed by atoms with E-state index in [4.69, 9.17) is 0 Å². The van der Waals surface area contributed by atoms with Gasteiger partial charge in [0, 0.05) is 64.0 Å². The molecule has 1 aromatic carbocycles. The molecule has 1 saturated heterocycles. The largest absolute Gasteiger partial charge is 0.354 e. The maximum absolute atomic E-state index is 12.1. The number of hydrogen-bond acceptors (Lipinski definition) is 5. The highest BCUT2D eigenvalue weighted by atomic mass is 16.2. The van der Waals surface area contributed by atoms with Gasteiger partial charge in [0.2, 0.25) is 5.91 Å². The smallest absolute Gasteiger partial charge is 0.315 e. The summed E-state index contributed by atoms with van der Waals surface area (Å²) in [5.74, 6) is 0.829. The summed E-state index contributed by atoms with van der Waals surface area (Å²) >= 11 is 0. The number of aromatic nitrogens is 1. The number of carbonyl (C=O) groups excluding carboxylic acids is 2. The number of urea groups is 1. The Morgan fingerprint density at radius 1 is 0.933 bits per heavy atom. The van der Waals surface area contributed by atoms with Crippen LogP contribution in [0.5, 0.6) is 0 Å². The van der Waals surface area contributed by atoms with Crippen LogP contribution in [0.4, 0.5) is 10.6 Å². The van der Waals surface area contributed by atoms with Crippen LogP contribution in [0.25, 0.3) is 0 Å². The standard InChI is InChI=1S/C22H30N6O2/c1-27-12-14-28(15-13-27)21-19(8-5-10-23-21)17-26-22(30)24-11-9-20(29)25-16-18-6-3-2-4-7-18/h2-8,10H,9,11-17H2,1H3,(H,25,29)(H2,24,26,30). The van der Waals surface area contributed by atoms with Crippen LogP contribution in [0.3, 0.4) is 0 Å². The SMILES string of the molecule is CN1CCN(c2ncccc2CNC(=O)NCCC(=O)NCc2ccccc2)CC1. The first-order chi connectivity index (χ1) is 14.6. The minimum Gasteiger partial charge on any atom is -0.354 e. The molecule has 8 nitrogen and oxygen atoms in total. The van der Waals surface area contributed by atoms with E-state index in [1.165, 1.54) is 0 Å². The molecule has 160 valence electrons. The molecule has 2 aromatic rings. The third kappa shape index (κ3) is 6.73. The van der Waals surface area contributed by atoms with Crippen molar-refractivity contribution in [3.8, 4) is 0 Å². The van der Waals surface area contributed by atoms with E-state index in [2.05, 4.69) is 37.8 Å². The second kappa shape index (κ2) is 11.2. The highest BCUT2D eigenvalue weighted by molar-refractivity contribution is 5.78. The molecule has 0 radical (unpaired) electrons. The van der Waals surface area contributed by atoms with Crippen molar-refractivity contribution in [2.24, 2.45) is 0 Å². The Morgan fingerprint density at radius 2 is 1.70 bits per heavy atom. The molecule has 0 atom stereocenters. The van der Waals surface area contributed by atoms with Gasteiger partial charge in [0.1, 0.15) is 5.82 Å². The third-order valence-electron chi connectivity index (χ3n) is 5.08. The predicted molar refractivity (Wildman–Crippen MR) is 117 cm³/mol. The molecule has 0 unspecified atom stereocenters. The quantitative estimate of drug-likeness (QED) is 0.611. The second-order valence-corrected chi connectivity index (χ2v) is 7.40. The average Bonchev–Trinajstić information content (AvgIpc) is 2.78. The summed E-state index contributed by atoms with van der Waals surface area (Å²) in [5, 5.41) is 8.44. The number of nitrogens with one attached hydrogen (secondary N) is 3. The molecule has 30 heavy (non-hydrogen) atoms. The predicted octanol–water partition coefficient (Wildman–Crippen LogP) is 1.34. The fraction of sp³-hybridized carbons (Fsp3) is 0.409. The maximum atomic E-state index is 12.1. The lowest BCUT2D eigenvalue weighted by molar-refractivity contribution is -0.121. The molecule has 3 amide bonds. The number of amides is 3. The molecule has 1 fully saturated rings. The van der Waals surface area contributed by atoms with Gasteiger partial charge in [0.25, 0.3) is 0 Å². The van der Waals surface area contributed by atoms with Crippen LogP contribution < -0.4 is 20.9 Å². The van der Waals surface area contributed by atoms with E-state index in [1.807, 2.05) is 42.5 Å². The second-order valence-electron chi connectivity index (χ2n) is 7.40. The van der Waals surface area contributed by atoms with Crippen LogP contribution in [-0.4, -0.2) is 61.6 Å². The van der Waals surface area contributed by atoms with Crippen LogP contribution in [-0.2, 0) is 17.9 Å². The Morgan fingerprint density at radius 3 is 2.47 bits per heavy atom. The highest BCUT2D eigenvalue weighted by Gasteiger charge is 2.18. The number of likely N-dealkylation sites (N-methyl/N-ethyl adjacent to an activating group) is 1. The zero-order chi connectivity index (χ0) is 21.2. The normalized spacial score (nSPS) is 14.2. The van der Waals surface area contributed by atoms with Crippen LogP contribution in [0.1, 0.15) is 17.5 Å². The molecule has 1 aromatic heterocycles. The fourth-order valence-electron chi connectivity index (χ4n) is 3.28. The molecule has 1 aliphatic rings. The van der Waals surface area contributed by atoms with Gasteiger partial charge in [-0.15, -0.1) is 0 Å². The van der Waals surface area contributed by atoms with Gasteiger partial charge in [-0.1, -0.05) is 36.4 Å². The van der Waals surface area contributed by atoms with Crippen molar-refractivity contribution in [3.63, 3.8) is 0 Å². The van der Waals surface area contributed by atoms with Crippen molar-refractivity contribution < 1.29 is 9.59 Å². The van der Waals surface area contributed by atoms with E-state index in [1.54, 1.807) is 6.20 Å². The summed E-state index contributed by atoms with van der Waals surface area (Å²) in [6.45, 7) is 5.00. The molecule has 0 saturated carbocycles. The number of piperazine rings is 1. The molecular formula is C22H30N6O2. The first-order valence-corrected chi connectivity index (χ1v) is 10.3. The number of anilines is 1. The fourth-order valence-corrected chi connectivity index (χ4v) is 3.28. The third-order valence-corrected chi connectivity index (χ3v) is 5.08. The summed E-state index contributed by atoms with van der Waals surface area (Å²) in [7, 11) is 2.12. The lowest BCUT2D eigenvalue weighted by Gasteiger charge is -2.34. The van der Waals surface area contributed by atoms with E-state index in [9.17, 15) is 9.59 Å². The van der Waals surface area contributed by atoms with E-state index in [0.717, 1.165) is 43.1 Å². The number of carbonyl (C=O) groups is 2. The van der Waals surface area contributed by atoms with Crippen molar-refractivity contribution >= 4 is 17.8 Å². The minimum absolute atomic E-state index is 0.0937. The van der Waals surface area contributed by atoms with Gasteiger partial charge >= 0.3 is 6.03 Å².